The first-order valence-corrected chi connectivity index (χ1v) is 11.1. The highest BCUT2D eigenvalue weighted by Crippen LogP contribution is 2.38. The smallest absolute Gasteiger partial charge is 0.182 e. The van der Waals surface area contributed by atoms with E-state index in [2.05, 4.69) is 20.1 Å². The Bertz CT molecular complexity index is 1360. The van der Waals surface area contributed by atoms with Gasteiger partial charge in [-0.3, -0.25) is 4.68 Å². The van der Waals surface area contributed by atoms with Crippen molar-refractivity contribution in [2.75, 3.05) is 13.3 Å². The molecule has 0 bridgehead atoms. The molecule has 4 heterocycles. The Labute approximate surface area is 194 Å². The molecule has 0 unspecified atom stereocenters. The van der Waals surface area contributed by atoms with Crippen LogP contribution in [0.25, 0.3) is 22.4 Å². The maximum atomic E-state index is 14.8. The van der Waals surface area contributed by atoms with Gasteiger partial charge in [0, 0.05) is 35.9 Å². The fourth-order valence-corrected chi connectivity index (χ4v) is 4.20. The minimum Gasteiger partial charge on any atom is -0.373 e. The summed E-state index contributed by atoms with van der Waals surface area (Å²) in [4.78, 5) is 18.6. The lowest BCUT2D eigenvalue weighted by molar-refractivity contribution is 0.00396. The number of rotatable bonds is 5. The maximum absolute atomic E-state index is 14.8. The number of benzene rings is 1. The number of halogens is 3. The third-order valence-corrected chi connectivity index (χ3v) is 6.13. The predicted octanol–water partition coefficient (Wildman–Crippen LogP) is 4.78. The van der Waals surface area contributed by atoms with Gasteiger partial charge in [-0.1, -0.05) is 0 Å². The van der Waals surface area contributed by atoms with Crippen LogP contribution in [0.15, 0.2) is 30.6 Å². The quantitative estimate of drug-likeness (QED) is 0.419. The van der Waals surface area contributed by atoms with Crippen molar-refractivity contribution in [1.29, 1.82) is 0 Å². The number of ether oxygens (including phenoxy) is 1. The highest BCUT2D eigenvalue weighted by atomic mass is 19.1. The fourth-order valence-electron chi connectivity index (χ4n) is 4.20. The molecule has 0 N–H and O–H groups in total. The van der Waals surface area contributed by atoms with Crippen molar-refractivity contribution in [3.63, 3.8) is 0 Å². The highest BCUT2D eigenvalue weighted by Gasteiger charge is 2.29. The van der Waals surface area contributed by atoms with E-state index in [0.717, 1.165) is 11.6 Å². The molecule has 5 rings (SSSR count). The molecule has 1 aromatic carbocycles. The molecule has 1 saturated heterocycles. The zero-order valence-electron chi connectivity index (χ0n) is 18.8. The van der Waals surface area contributed by atoms with E-state index in [1.165, 1.54) is 12.1 Å². The van der Waals surface area contributed by atoms with E-state index in [1.807, 2.05) is 13.8 Å². The number of fused-ring (bicyclic) bond motifs is 1. The number of aryl methyl sites for hydroxylation is 3. The van der Waals surface area contributed by atoms with Gasteiger partial charge in [0.05, 0.1) is 30.2 Å². The van der Waals surface area contributed by atoms with Crippen LogP contribution in [0.5, 0.6) is 0 Å². The van der Waals surface area contributed by atoms with Crippen LogP contribution in [0, 0.1) is 25.5 Å². The Morgan fingerprint density at radius 2 is 1.91 bits per heavy atom. The largest absolute Gasteiger partial charge is 0.373 e. The van der Waals surface area contributed by atoms with Crippen molar-refractivity contribution in [1.82, 2.24) is 29.7 Å². The van der Waals surface area contributed by atoms with Crippen molar-refractivity contribution in [2.24, 2.45) is 0 Å². The Kier molecular flexibility index (Phi) is 5.99. The summed E-state index contributed by atoms with van der Waals surface area (Å²) in [7, 11) is 0. The van der Waals surface area contributed by atoms with Gasteiger partial charge in [0.2, 0.25) is 0 Å². The number of alkyl halides is 1. The van der Waals surface area contributed by atoms with Crippen LogP contribution in [0.4, 0.5) is 13.2 Å². The number of aromatic nitrogens is 6. The Morgan fingerprint density at radius 3 is 2.71 bits per heavy atom. The van der Waals surface area contributed by atoms with Crippen LogP contribution in [0.3, 0.4) is 0 Å². The van der Waals surface area contributed by atoms with Gasteiger partial charge in [-0.2, -0.15) is 5.10 Å². The Balaban J connectivity index is 1.57. The summed E-state index contributed by atoms with van der Waals surface area (Å²) in [6, 6.07) is 3.39. The van der Waals surface area contributed by atoms with Crippen molar-refractivity contribution < 1.29 is 17.9 Å². The first-order chi connectivity index (χ1) is 16.4. The second kappa shape index (κ2) is 9.09. The Morgan fingerprint density at radius 1 is 1.09 bits per heavy atom. The minimum absolute atomic E-state index is 0.0849. The van der Waals surface area contributed by atoms with Crippen LogP contribution < -0.4 is 0 Å². The summed E-state index contributed by atoms with van der Waals surface area (Å²) in [6.45, 7) is 3.81. The topological polar surface area (TPSA) is 78.6 Å². The van der Waals surface area contributed by atoms with E-state index in [9.17, 15) is 13.2 Å². The molecule has 0 aliphatic carbocycles. The monoisotopic (exact) mass is 468 g/mol. The van der Waals surface area contributed by atoms with E-state index >= 15 is 0 Å². The average molecular weight is 468 g/mol. The molecule has 1 aliphatic heterocycles. The van der Waals surface area contributed by atoms with Crippen LogP contribution >= 0.6 is 0 Å². The van der Waals surface area contributed by atoms with E-state index in [1.54, 1.807) is 17.1 Å². The molecular weight excluding hydrogens is 445 g/mol. The highest BCUT2D eigenvalue weighted by molar-refractivity contribution is 5.87. The summed E-state index contributed by atoms with van der Waals surface area (Å²) in [6.07, 6.45) is 4.47. The molecule has 10 heteroatoms. The van der Waals surface area contributed by atoms with E-state index < -0.39 is 18.3 Å². The Hall–Kier alpha value is -3.40. The van der Waals surface area contributed by atoms with Gasteiger partial charge in [-0.05, 0) is 38.8 Å². The summed E-state index contributed by atoms with van der Waals surface area (Å²) in [5.74, 6) is -0.971. The van der Waals surface area contributed by atoms with Gasteiger partial charge in [0.1, 0.15) is 35.3 Å². The van der Waals surface area contributed by atoms with Crippen molar-refractivity contribution in [2.45, 2.75) is 45.3 Å². The van der Waals surface area contributed by atoms with Gasteiger partial charge in [0.25, 0.3) is 0 Å². The van der Waals surface area contributed by atoms with Crippen molar-refractivity contribution >= 4 is 11.2 Å². The average Bonchev–Trinajstić information content (AvgIpc) is 3.29. The van der Waals surface area contributed by atoms with Crippen LogP contribution in [0.2, 0.25) is 0 Å². The van der Waals surface area contributed by atoms with Crippen LogP contribution in [0.1, 0.15) is 47.6 Å². The van der Waals surface area contributed by atoms with Gasteiger partial charge in [-0.15, -0.1) is 0 Å². The number of hydrogen-bond acceptors (Lipinski definition) is 6. The van der Waals surface area contributed by atoms with Gasteiger partial charge < -0.3 is 4.74 Å². The summed E-state index contributed by atoms with van der Waals surface area (Å²) in [5, 5.41) is 4.18. The molecule has 34 heavy (non-hydrogen) atoms. The van der Waals surface area contributed by atoms with E-state index in [4.69, 9.17) is 9.72 Å². The molecule has 1 aliphatic rings. The second-order valence-electron chi connectivity index (χ2n) is 8.43. The molecule has 0 amide bonds. The fraction of sp³-hybridized carbons (Fsp3) is 0.375. The first-order valence-electron chi connectivity index (χ1n) is 11.1. The van der Waals surface area contributed by atoms with Crippen LogP contribution in [-0.2, 0) is 11.3 Å². The summed E-state index contributed by atoms with van der Waals surface area (Å²) >= 11 is 0. The van der Waals surface area contributed by atoms with Crippen LogP contribution in [-0.4, -0.2) is 43.0 Å². The SMILES string of the molecule is Cc1nc2nc([C@H]3CCO[C@@H](c4cnn(CCF)c4)C3)nc(-c3ccc(F)cc3F)c2nc1C. The van der Waals surface area contributed by atoms with Gasteiger partial charge in [0.15, 0.2) is 5.65 Å². The standard InChI is InChI=1S/C24H23F3N6O/c1-13-14(2)30-24-22(29-13)21(18-4-3-17(26)10-19(18)27)31-23(32-24)15-5-8-34-20(9-15)16-11-28-33(12-16)7-6-25/h3-4,10-12,15,20H,5-9H2,1-2H3/t15-,20+/m0/s1. The minimum atomic E-state index is -0.726. The molecule has 7 nitrogen and oxygen atoms in total. The lowest BCUT2D eigenvalue weighted by Crippen LogP contribution is -2.20. The van der Waals surface area contributed by atoms with E-state index in [-0.39, 0.29) is 29.8 Å². The molecular formula is C24H23F3N6O. The molecule has 4 aromatic rings. The second-order valence-corrected chi connectivity index (χ2v) is 8.43. The first kappa shape index (κ1) is 22.4. The molecule has 1 fully saturated rings. The summed E-state index contributed by atoms with van der Waals surface area (Å²) in [5.41, 5.74) is 3.42. The zero-order valence-corrected chi connectivity index (χ0v) is 18.8. The molecule has 0 saturated carbocycles. The van der Waals surface area contributed by atoms with E-state index in [0.29, 0.717) is 47.8 Å². The lowest BCUT2D eigenvalue weighted by Gasteiger charge is -2.28. The molecule has 176 valence electrons. The van der Waals surface area contributed by atoms with Gasteiger partial charge in [-0.25, -0.2) is 33.1 Å². The maximum Gasteiger partial charge on any atom is 0.182 e. The predicted molar refractivity (Wildman–Crippen MR) is 119 cm³/mol. The number of nitrogens with zero attached hydrogens (tertiary/aromatic N) is 6. The van der Waals surface area contributed by atoms with Crippen molar-refractivity contribution in [3.05, 3.63) is 65.0 Å². The third kappa shape index (κ3) is 4.25. The lowest BCUT2D eigenvalue weighted by atomic mass is 9.92. The third-order valence-electron chi connectivity index (χ3n) is 6.13. The normalized spacial score (nSPS) is 18.5. The molecule has 0 spiro atoms. The zero-order chi connectivity index (χ0) is 23.8. The summed E-state index contributed by atoms with van der Waals surface area (Å²) < 4.78 is 48.5. The molecule has 0 radical (unpaired) electrons. The molecule has 3 aromatic heterocycles. The van der Waals surface area contributed by atoms with Gasteiger partial charge >= 0.3 is 0 Å². The molecule has 2 atom stereocenters. The number of hydrogen-bond donors (Lipinski definition) is 0. The van der Waals surface area contributed by atoms with Crippen molar-refractivity contribution in [3.8, 4) is 11.3 Å².